The molecule has 0 amide bonds. The molecule has 1 unspecified atom stereocenters. The van der Waals surface area contributed by atoms with Crippen LogP contribution in [0.5, 0.6) is 0 Å². The van der Waals surface area contributed by atoms with E-state index in [0.717, 1.165) is 0 Å². The van der Waals surface area contributed by atoms with Crippen molar-refractivity contribution in [1.29, 1.82) is 5.26 Å². The fraction of sp³-hybridized carbons (Fsp3) is 0.938. The van der Waals surface area contributed by atoms with Crippen LogP contribution in [0.1, 0.15) is 84.5 Å². The molecule has 1 aliphatic rings. The highest BCUT2D eigenvalue weighted by Gasteiger charge is 2.48. The monoisotopic (exact) mass is 235 g/mol. The zero-order valence-corrected chi connectivity index (χ0v) is 11.8. The molecular weight excluding hydrogens is 206 g/mol. The molecule has 0 aromatic heterocycles. The smallest absolute Gasteiger partial charge is 0.0692 e. The van der Waals surface area contributed by atoms with Crippen LogP contribution in [-0.4, -0.2) is 0 Å². The van der Waals surface area contributed by atoms with E-state index in [1.807, 2.05) is 0 Å². The summed E-state index contributed by atoms with van der Waals surface area (Å²) in [5.41, 5.74) is 0.111. The first-order valence-electron chi connectivity index (χ1n) is 7.70. The van der Waals surface area contributed by atoms with E-state index in [0.29, 0.717) is 5.92 Å². The Morgan fingerprint density at radius 3 is 1.94 bits per heavy atom. The van der Waals surface area contributed by atoms with Gasteiger partial charge in [-0.25, -0.2) is 0 Å². The Morgan fingerprint density at radius 2 is 1.47 bits per heavy atom. The van der Waals surface area contributed by atoms with Gasteiger partial charge in [-0.3, -0.25) is 0 Å². The van der Waals surface area contributed by atoms with Crippen molar-refractivity contribution < 1.29 is 0 Å². The van der Waals surface area contributed by atoms with Crippen molar-refractivity contribution in [2.24, 2.45) is 11.3 Å². The number of unbranched alkanes of at least 4 members (excludes halogenated alkanes) is 5. The van der Waals surface area contributed by atoms with Crippen LogP contribution in [0, 0.1) is 22.7 Å². The lowest BCUT2D eigenvalue weighted by Crippen LogP contribution is -2.14. The van der Waals surface area contributed by atoms with Gasteiger partial charge in [0, 0.05) is 0 Å². The van der Waals surface area contributed by atoms with Crippen LogP contribution < -0.4 is 0 Å². The van der Waals surface area contributed by atoms with Gasteiger partial charge in [0.2, 0.25) is 0 Å². The molecule has 0 N–H and O–H groups in total. The Hall–Kier alpha value is -0.510. The largest absolute Gasteiger partial charge is 0.198 e. The predicted octanol–water partition coefficient (Wildman–Crippen LogP) is 5.46. The van der Waals surface area contributed by atoms with Crippen molar-refractivity contribution in [3.05, 3.63) is 0 Å². The van der Waals surface area contributed by atoms with Gasteiger partial charge in [-0.2, -0.15) is 5.26 Å². The van der Waals surface area contributed by atoms with Crippen LogP contribution in [-0.2, 0) is 0 Å². The zero-order chi connectivity index (χ0) is 12.6. The van der Waals surface area contributed by atoms with Gasteiger partial charge < -0.3 is 0 Å². The minimum absolute atomic E-state index is 0.111. The van der Waals surface area contributed by atoms with Gasteiger partial charge in [-0.05, 0) is 31.6 Å². The fourth-order valence-electron chi connectivity index (χ4n) is 2.90. The van der Waals surface area contributed by atoms with E-state index < -0.39 is 0 Å². The molecule has 98 valence electrons. The highest BCUT2D eigenvalue weighted by molar-refractivity contribution is 5.12. The topological polar surface area (TPSA) is 23.8 Å². The first kappa shape index (κ1) is 14.6. The van der Waals surface area contributed by atoms with E-state index in [4.69, 9.17) is 0 Å². The van der Waals surface area contributed by atoms with Crippen LogP contribution >= 0.6 is 0 Å². The lowest BCUT2D eigenvalue weighted by Gasteiger charge is -2.21. The van der Waals surface area contributed by atoms with E-state index in [1.165, 1.54) is 70.6 Å². The molecular formula is C16H29N. The third-order valence-corrected chi connectivity index (χ3v) is 4.36. The van der Waals surface area contributed by atoms with Crippen LogP contribution in [0.4, 0.5) is 0 Å². The summed E-state index contributed by atoms with van der Waals surface area (Å²) in [7, 11) is 0. The molecule has 0 radical (unpaired) electrons. The van der Waals surface area contributed by atoms with Crippen LogP contribution in [0.3, 0.4) is 0 Å². The van der Waals surface area contributed by atoms with Crippen molar-refractivity contribution in [1.82, 2.24) is 0 Å². The molecule has 1 nitrogen and oxygen atoms in total. The SMILES string of the molecule is CCCCCCC(CCCCC)C1(C#N)CC1. The first-order chi connectivity index (χ1) is 8.29. The van der Waals surface area contributed by atoms with Gasteiger partial charge in [0.25, 0.3) is 0 Å². The normalized spacial score (nSPS) is 18.6. The van der Waals surface area contributed by atoms with E-state index >= 15 is 0 Å². The molecule has 1 rings (SSSR count). The minimum atomic E-state index is 0.111. The van der Waals surface area contributed by atoms with Gasteiger partial charge >= 0.3 is 0 Å². The molecule has 1 fully saturated rings. The Morgan fingerprint density at radius 1 is 0.941 bits per heavy atom. The maximum absolute atomic E-state index is 9.34. The summed E-state index contributed by atoms with van der Waals surface area (Å²) in [5, 5.41) is 9.34. The molecule has 0 heterocycles. The summed E-state index contributed by atoms with van der Waals surface area (Å²) >= 11 is 0. The summed E-state index contributed by atoms with van der Waals surface area (Å²) in [6.07, 6.45) is 14.3. The molecule has 0 saturated heterocycles. The Kier molecular flexibility index (Phi) is 6.63. The Balaban J connectivity index is 2.30. The summed E-state index contributed by atoms with van der Waals surface area (Å²) in [5.74, 6) is 0.705. The summed E-state index contributed by atoms with van der Waals surface area (Å²) in [4.78, 5) is 0. The van der Waals surface area contributed by atoms with Crippen molar-refractivity contribution in [3.8, 4) is 6.07 Å². The van der Waals surface area contributed by atoms with Crippen molar-refractivity contribution in [2.45, 2.75) is 84.5 Å². The Bertz CT molecular complexity index is 234. The zero-order valence-electron chi connectivity index (χ0n) is 11.8. The van der Waals surface area contributed by atoms with Gasteiger partial charge in [0.05, 0.1) is 11.5 Å². The van der Waals surface area contributed by atoms with Gasteiger partial charge in [0.15, 0.2) is 0 Å². The molecule has 1 atom stereocenters. The summed E-state index contributed by atoms with van der Waals surface area (Å²) in [6.45, 7) is 4.52. The average molecular weight is 235 g/mol. The molecule has 1 heteroatoms. The number of hydrogen-bond acceptors (Lipinski definition) is 1. The molecule has 0 aliphatic heterocycles. The fourth-order valence-corrected chi connectivity index (χ4v) is 2.90. The summed E-state index contributed by atoms with van der Waals surface area (Å²) < 4.78 is 0. The summed E-state index contributed by atoms with van der Waals surface area (Å²) in [6, 6.07) is 2.62. The lowest BCUT2D eigenvalue weighted by atomic mass is 9.82. The number of hydrogen-bond donors (Lipinski definition) is 0. The number of rotatable bonds is 10. The number of nitriles is 1. The lowest BCUT2D eigenvalue weighted by molar-refractivity contribution is 0.312. The van der Waals surface area contributed by atoms with Crippen LogP contribution in [0.2, 0.25) is 0 Å². The molecule has 0 aromatic rings. The maximum Gasteiger partial charge on any atom is 0.0692 e. The van der Waals surface area contributed by atoms with Crippen molar-refractivity contribution in [3.63, 3.8) is 0 Å². The molecule has 1 aliphatic carbocycles. The van der Waals surface area contributed by atoms with Crippen LogP contribution in [0.25, 0.3) is 0 Å². The third kappa shape index (κ3) is 4.70. The molecule has 0 spiro atoms. The van der Waals surface area contributed by atoms with E-state index in [2.05, 4.69) is 19.9 Å². The quantitative estimate of drug-likeness (QED) is 0.461. The Labute approximate surface area is 108 Å². The van der Waals surface area contributed by atoms with Crippen molar-refractivity contribution in [2.75, 3.05) is 0 Å². The third-order valence-electron chi connectivity index (χ3n) is 4.36. The van der Waals surface area contributed by atoms with E-state index in [-0.39, 0.29) is 5.41 Å². The first-order valence-corrected chi connectivity index (χ1v) is 7.70. The van der Waals surface area contributed by atoms with Crippen molar-refractivity contribution >= 4 is 0 Å². The maximum atomic E-state index is 9.34. The second-order valence-electron chi connectivity index (χ2n) is 5.81. The van der Waals surface area contributed by atoms with Gasteiger partial charge in [0.1, 0.15) is 0 Å². The number of nitrogens with zero attached hydrogens (tertiary/aromatic N) is 1. The average Bonchev–Trinajstić information content (AvgIpc) is 3.13. The highest BCUT2D eigenvalue weighted by Crippen LogP contribution is 2.54. The molecule has 0 aromatic carbocycles. The second kappa shape index (κ2) is 7.75. The minimum Gasteiger partial charge on any atom is -0.198 e. The molecule has 17 heavy (non-hydrogen) atoms. The molecule has 0 bridgehead atoms. The molecule has 1 saturated carbocycles. The second-order valence-corrected chi connectivity index (χ2v) is 5.81. The van der Waals surface area contributed by atoms with Gasteiger partial charge in [-0.1, -0.05) is 58.8 Å². The van der Waals surface area contributed by atoms with E-state index in [9.17, 15) is 5.26 Å². The highest BCUT2D eigenvalue weighted by atomic mass is 14.5. The van der Waals surface area contributed by atoms with Crippen LogP contribution in [0.15, 0.2) is 0 Å². The van der Waals surface area contributed by atoms with E-state index in [1.54, 1.807) is 0 Å². The standard InChI is InChI=1S/C16H29N/c1-3-5-7-9-11-15(10-8-6-4-2)16(14-17)12-13-16/h15H,3-13H2,1-2H3. The predicted molar refractivity (Wildman–Crippen MR) is 73.7 cm³/mol. The van der Waals surface area contributed by atoms with Gasteiger partial charge in [-0.15, -0.1) is 0 Å².